The first-order valence-corrected chi connectivity index (χ1v) is 9.61. The van der Waals surface area contributed by atoms with Gasteiger partial charge in [-0.25, -0.2) is 9.18 Å². The first-order valence-electron chi connectivity index (χ1n) is 9.61. The van der Waals surface area contributed by atoms with Crippen molar-refractivity contribution in [2.75, 3.05) is 25.0 Å². The normalized spacial score (nSPS) is 24.6. The number of nitrogens with one attached hydrogen (secondary N) is 2. The Balaban J connectivity index is 1.54. The lowest BCUT2D eigenvalue weighted by molar-refractivity contribution is -0.136. The fourth-order valence-electron chi connectivity index (χ4n) is 3.45. The molecule has 1 fully saturated rings. The smallest absolute Gasteiger partial charge is 0.319 e. The van der Waals surface area contributed by atoms with Crippen LogP contribution in [0, 0.1) is 5.82 Å². The molecule has 7 nitrogen and oxygen atoms in total. The number of aliphatic hydroxyl groups is 1. The van der Waals surface area contributed by atoms with Crippen molar-refractivity contribution in [2.45, 2.75) is 43.9 Å². The third-order valence-corrected chi connectivity index (χ3v) is 4.97. The summed E-state index contributed by atoms with van der Waals surface area (Å²) in [7, 11) is 0. The third kappa shape index (κ3) is 5.30. The monoisotopic (exact) mass is 391 g/mol. The lowest BCUT2D eigenvalue weighted by Gasteiger charge is -2.33. The van der Waals surface area contributed by atoms with Crippen molar-refractivity contribution in [3.8, 4) is 0 Å². The molecule has 0 unspecified atom stereocenters. The molecule has 1 aromatic rings. The number of hydrogen-bond donors (Lipinski definition) is 3. The van der Waals surface area contributed by atoms with E-state index in [0.29, 0.717) is 0 Å². The van der Waals surface area contributed by atoms with Gasteiger partial charge >= 0.3 is 6.03 Å². The molecule has 2 heterocycles. The van der Waals surface area contributed by atoms with Gasteiger partial charge in [0.1, 0.15) is 11.9 Å². The number of urea groups is 1. The summed E-state index contributed by atoms with van der Waals surface area (Å²) in [5, 5.41) is 14.7. The molecule has 3 N–H and O–H groups in total. The van der Waals surface area contributed by atoms with Gasteiger partial charge in [-0.15, -0.1) is 0 Å². The Kier molecular flexibility index (Phi) is 7.00. The van der Waals surface area contributed by atoms with E-state index in [2.05, 4.69) is 10.6 Å². The molecule has 0 bridgehead atoms. The Bertz CT molecular complexity index is 721. The van der Waals surface area contributed by atoms with Crippen molar-refractivity contribution in [3.05, 3.63) is 42.2 Å². The first kappa shape index (κ1) is 20.3. The summed E-state index contributed by atoms with van der Waals surface area (Å²) in [6.07, 6.45) is 5.71. The first-order chi connectivity index (χ1) is 13.6. The maximum Gasteiger partial charge on any atom is 0.319 e. The number of para-hydroxylation sites is 1. The fraction of sp³-hybridized carbons (Fsp3) is 0.500. The molecule has 8 heteroatoms. The number of carbonyl (C=O) groups is 2. The molecule has 152 valence electrons. The van der Waals surface area contributed by atoms with E-state index in [4.69, 9.17) is 4.74 Å². The van der Waals surface area contributed by atoms with Gasteiger partial charge in [0, 0.05) is 13.1 Å². The van der Waals surface area contributed by atoms with Crippen LogP contribution >= 0.6 is 0 Å². The van der Waals surface area contributed by atoms with Crippen LogP contribution in [0.4, 0.5) is 14.9 Å². The van der Waals surface area contributed by atoms with E-state index < -0.39 is 30.1 Å². The summed E-state index contributed by atoms with van der Waals surface area (Å²) in [5.41, 5.74) is 0.0614. The maximum absolute atomic E-state index is 13.6. The summed E-state index contributed by atoms with van der Waals surface area (Å²) in [6.45, 7) is 1.24. The maximum atomic E-state index is 13.6. The summed E-state index contributed by atoms with van der Waals surface area (Å²) in [6, 6.07) is 4.65. The van der Waals surface area contributed by atoms with Gasteiger partial charge in [0.05, 0.1) is 30.9 Å². The van der Waals surface area contributed by atoms with Crippen molar-refractivity contribution in [3.63, 3.8) is 0 Å². The Labute approximate surface area is 163 Å². The standard InChI is InChI=1S/C20H26FN3O4/c21-15-6-2-3-7-16(15)22-20(27)23-17-9-8-14(28-18(17)13-25)12-19(26)24-10-4-1-5-11-24/h2-3,6-9,14,17-18,25H,1,4-5,10-13H2,(H2,22,23,27)/t14-,17+,18-/m0/s1. The van der Waals surface area contributed by atoms with E-state index >= 15 is 0 Å². The number of ether oxygens (including phenoxy) is 1. The van der Waals surface area contributed by atoms with Gasteiger partial charge in [-0.1, -0.05) is 24.3 Å². The second kappa shape index (κ2) is 9.66. The lowest BCUT2D eigenvalue weighted by Crippen LogP contribution is -2.50. The molecule has 2 aliphatic rings. The number of rotatable bonds is 5. The highest BCUT2D eigenvalue weighted by Crippen LogP contribution is 2.19. The van der Waals surface area contributed by atoms with Crippen molar-refractivity contribution in [1.82, 2.24) is 10.2 Å². The molecule has 1 saturated heterocycles. The second-order valence-electron chi connectivity index (χ2n) is 7.03. The molecule has 3 rings (SSSR count). The van der Waals surface area contributed by atoms with Gasteiger partial charge in [0.2, 0.25) is 5.91 Å². The number of nitrogens with zero attached hydrogens (tertiary/aromatic N) is 1. The summed E-state index contributed by atoms with van der Waals surface area (Å²) >= 11 is 0. The number of likely N-dealkylation sites (tertiary alicyclic amines) is 1. The average Bonchev–Trinajstić information content (AvgIpc) is 2.71. The van der Waals surface area contributed by atoms with Crippen LogP contribution in [0.1, 0.15) is 25.7 Å². The summed E-state index contributed by atoms with van der Waals surface area (Å²) in [5.74, 6) is -0.502. The zero-order chi connectivity index (χ0) is 19.9. The van der Waals surface area contributed by atoms with E-state index in [-0.39, 0.29) is 24.6 Å². The number of anilines is 1. The Hall–Kier alpha value is -2.45. The molecule has 0 saturated carbocycles. The van der Waals surface area contributed by atoms with Crippen molar-refractivity contribution < 1.29 is 23.8 Å². The molecule has 0 spiro atoms. The number of piperidine rings is 1. The van der Waals surface area contributed by atoms with Crippen LogP contribution < -0.4 is 10.6 Å². The second-order valence-corrected chi connectivity index (χ2v) is 7.03. The minimum Gasteiger partial charge on any atom is -0.394 e. The highest BCUT2D eigenvalue weighted by Gasteiger charge is 2.30. The number of amides is 3. The van der Waals surface area contributed by atoms with Gasteiger partial charge in [-0.3, -0.25) is 4.79 Å². The molecule has 0 aliphatic carbocycles. The number of carbonyl (C=O) groups excluding carboxylic acids is 2. The van der Waals surface area contributed by atoms with Crippen LogP contribution in [0.25, 0.3) is 0 Å². The molecular formula is C20H26FN3O4. The number of aliphatic hydroxyl groups excluding tert-OH is 1. The molecule has 0 aromatic heterocycles. The Morgan fingerprint density at radius 3 is 2.64 bits per heavy atom. The van der Waals surface area contributed by atoms with Crippen LogP contribution in [-0.2, 0) is 9.53 Å². The van der Waals surface area contributed by atoms with E-state index in [9.17, 15) is 19.1 Å². The summed E-state index contributed by atoms with van der Waals surface area (Å²) < 4.78 is 19.4. The molecular weight excluding hydrogens is 365 g/mol. The fourth-order valence-corrected chi connectivity index (χ4v) is 3.45. The van der Waals surface area contributed by atoms with E-state index in [1.165, 1.54) is 18.2 Å². The molecule has 28 heavy (non-hydrogen) atoms. The lowest BCUT2D eigenvalue weighted by atomic mass is 10.0. The van der Waals surface area contributed by atoms with Gasteiger partial charge in [-0.2, -0.15) is 0 Å². The van der Waals surface area contributed by atoms with E-state index in [1.54, 1.807) is 18.2 Å². The van der Waals surface area contributed by atoms with Gasteiger partial charge in [0.25, 0.3) is 0 Å². The van der Waals surface area contributed by atoms with E-state index in [1.807, 2.05) is 4.90 Å². The van der Waals surface area contributed by atoms with Crippen molar-refractivity contribution in [1.29, 1.82) is 0 Å². The van der Waals surface area contributed by atoms with Crippen LogP contribution in [0.3, 0.4) is 0 Å². The number of benzene rings is 1. The Morgan fingerprint density at radius 2 is 1.93 bits per heavy atom. The number of halogens is 1. The zero-order valence-corrected chi connectivity index (χ0v) is 15.6. The van der Waals surface area contributed by atoms with Crippen molar-refractivity contribution in [2.24, 2.45) is 0 Å². The third-order valence-electron chi connectivity index (χ3n) is 4.97. The SMILES string of the molecule is O=C(Nc1ccccc1F)N[C@@H]1C=C[C@@H](CC(=O)N2CCCCC2)O[C@H]1CO. The van der Waals surface area contributed by atoms with Crippen molar-refractivity contribution >= 4 is 17.6 Å². The molecule has 2 aliphatic heterocycles. The average molecular weight is 391 g/mol. The number of hydrogen-bond acceptors (Lipinski definition) is 4. The van der Waals surface area contributed by atoms with Crippen LogP contribution in [0.2, 0.25) is 0 Å². The molecule has 0 radical (unpaired) electrons. The molecule has 3 atom stereocenters. The van der Waals surface area contributed by atoms with E-state index in [0.717, 1.165) is 32.4 Å². The van der Waals surface area contributed by atoms with Gasteiger partial charge in [-0.05, 0) is 31.4 Å². The van der Waals surface area contributed by atoms with Gasteiger partial charge in [0.15, 0.2) is 0 Å². The zero-order valence-electron chi connectivity index (χ0n) is 15.6. The summed E-state index contributed by atoms with van der Waals surface area (Å²) in [4.78, 5) is 26.4. The predicted molar refractivity (Wildman–Crippen MR) is 102 cm³/mol. The highest BCUT2D eigenvalue weighted by atomic mass is 19.1. The van der Waals surface area contributed by atoms with Crippen LogP contribution in [0.15, 0.2) is 36.4 Å². The largest absolute Gasteiger partial charge is 0.394 e. The molecule has 3 amide bonds. The van der Waals surface area contributed by atoms with Crippen LogP contribution in [0.5, 0.6) is 0 Å². The highest BCUT2D eigenvalue weighted by molar-refractivity contribution is 5.89. The van der Waals surface area contributed by atoms with Crippen LogP contribution in [-0.4, -0.2) is 59.9 Å². The quantitative estimate of drug-likeness (QED) is 0.670. The minimum atomic E-state index is -0.685. The molecule has 1 aromatic carbocycles. The predicted octanol–water partition coefficient (Wildman–Crippen LogP) is 2.03. The van der Waals surface area contributed by atoms with Gasteiger partial charge < -0.3 is 25.4 Å². The Morgan fingerprint density at radius 1 is 1.18 bits per heavy atom. The minimum absolute atomic E-state index is 0.0368. The topological polar surface area (TPSA) is 90.9 Å².